The molecule has 1 rings (SSSR count). The van der Waals surface area contributed by atoms with Gasteiger partial charge in [0.2, 0.25) is 5.91 Å². The van der Waals surface area contributed by atoms with E-state index in [1.165, 1.54) is 6.20 Å². The summed E-state index contributed by atoms with van der Waals surface area (Å²) in [4.78, 5) is 33.9. The van der Waals surface area contributed by atoms with Gasteiger partial charge in [0.05, 0.1) is 11.9 Å². The molecule has 21 heavy (non-hydrogen) atoms. The predicted octanol–water partition coefficient (Wildman–Crippen LogP) is 1.55. The molecule has 0 aliphatic carbocycles. The van der Waals surface area contributed by atoms with E-state index in [1.807, 2.05) is 27.7 Å². The molecule has 0 unspecified atom stereocenters. The van der Waals surface area contributed by atoms with Crippen LogP contribution in [0.2, 0.25) is 0 Å². The number of carbonyl (C=O) groups excluding carboxylic acids is 2. The Hall–Kier alpha value is -1.98. The molecule has 6 heteroatoms. The molecule has 1 aromatic heterocycles. The Morgan fingerprint density at radius 3 is 2.48 bits per heavy atom. The topological polar surface area (TPSA) is 75.2 Å². The Morgan fingerprint density at radius 1 is 1.24 bits per heavy atom. The Bertz CT molecular complexity index is 471. The molecule has 2 amide bonds. The summed E-state index contributed by atoms with van der Waals surface area (Å²) in [6.45, 7) is 8.63. The van der Waals surface area contributed by atoms with E-state index in [0.29, 0.717) is 25.2 Å². The number of rotatable bonds is 7. The zero-order chi connectivity index (χ0) is 15.8. The number of amides is 2. The largest absolute Gasteiger partial charge is 0.354 e. The van der Waals surface area contributed by atoms with Gasteiger partial charge in [-0.2, -0.15) is 0 Å². The summed E-state index contributed by atoms with van der Waals surface area (Å²) >= 11 is 0. The number of aryl methyl sites for hydroxylation is 1. The van der Waals surface area contributed by atoms with Gasteiger partial charge in [0.15, 0.2) is 0 Å². The van der Waals surface area contributed by atoms with E-state index in [2.05, 4.69) is 15.3 Å². The van der Waals surface area contributed by atoms with Crippen LogP contribution in [0.3, 0.4) is 0 Å². The maximum Gasteiger partial charge on any atom is 0.274 e. The van der Waals surface area contributed by atoms with Crippen molar-refractivity contribution in [3.63, 3.8) is 0 Å². The summed E-state index contributed by atoms with van der Waals surface area (Å²) in [7, 11) is 0. The minimum Gasteiger partial charge on any atom is -0.354 e. The molecule has 0 atom stereocenters. The smallest absolute Gasteiger partial charge is 0.274 e. The first kappa shape index (κ1) is 17.1. The van der Waals surface area contributed by atoms with Crippen molar-refractivity contribution < 1.29 is 9.59 Å². The van der Waals surface area contributed by atoms with Gasteiger partial charge in [0, 0.05) is 31.7 Å². The molecule has 0 spiro atoms. The van der Waals surface area contributed by atoms with Gasteiger partial charge in [-0.1, -0.05) is 6.92 Å². The van der Waals surface area contributed by atoms with Crippen molar-refractivity contribution in [2.24, 2.45) is 0 Å². The quantitative estimate of drug-likeness (QED) is 0.827. The molecular weight excluding hydrogens is 268 g/mol. The molecule has 1 N–H and O–H groups in total. The first-order chi connectivity index (χ1) is 9.93. The highest BCUT2D eigenvalue weighted by Crippen LogP contribution is 2.04. The van der Waals surface area contributed by atoms with Crippen molar-refractivity contribution in [1.82, 2.24) is 20.2 Å². The van der Waals surface area contributed by atoms with Crippen LogP contribution in [0, 0.1) is 6.92 Å². The van der Waals surface area contributed by atoms with Crippen LogP contribution in [-0.4, -0.2) is 45.8 Å². The van der Waals surface area contributed by atoms with Crippen molar-refractivity contribution in [3.8, 4) is 0 Å². The van der Waals surface area contributed by atoms with E-state index >= 15 is 0 Å². The highest BCUT2D eigenvalue weighted by atomic mass is 16.2. The van der Waals surface area contributed by atoms with Gasteiger partial charge >= 0.3 is 0 Å². The Morgan fingerprint density at radius 2 is 1.95 bits per heavy atom. The summed E-state index contributed by atoms with van der Waals surface area (Å²) in [5.74, 6) is -0.226. The van der Waals surface area contributed by atoms with Crippen molar-refractivity contribution >= 4 is 11.8 Å². The van der Waals surface area contributed by atoms with Gasteiger partial charge in [-0.25, -0.2) is 4.98 Å². The fourth-order valence-electron chi connectivity index (χ4n) is 1.88. The first-order valence-corrected chi connectivity index (χ1v) is 7.31. The first-order valence-electron chi connectivity index (χ1n) is 7.31. The second-order valence-electron chi connectivity index (χ2n) is 5.31. The highest BCUT2D eigenvalue weighted by molar-refractivity contribution is 5.92. The molecule has 0 saturated carbocycles. The normalized spacial score (nSPS) is 10.5. The second kappa shape index (κ2) is 8.34. The lowest BCUT2D eigenvalue weighted by Crippen LogP contribution is -2.37. The average molecular weight is 292 g/mol. The number of hydrogen-bond acceptors (Lipinski definition) is 4. The van der Waals surface area contributed by atoms with Crippen LogP contribution in [0.4, 0.5) is 0 Å². The van der Waals surface area contributed by atoms with E-state index in [1.54, 1.807) is 11.1 Å². The van der Waals surface area contributed by atoms with Gasteiger partial charge < -0.3 is 10.2 Å². The lowest BCUT2D eigenvalue weighted by molar-refractivity contribution is -0.121. The van der Waals surface area contributed by atoms with Crippen LogP contribution in [-0.2, 0) is 4.79 Å². The summed E-state index contributed by atoms with van der Waals surface area (Å²) < 4.78 is 0. The van der Waals surface area contributed by atoms with Gasteiger partial charge in [-0.3, -0.25) is 14.6 Å². The van der Waals surface area contributed by atoms with Crippen molar-refractivity contribution in [2.75, 3.05) is 13.1 Å². The molecule has 0 fully saturated rings. The molecule has 0 radical (unpaired) electrons. The predicted molar refractivity (Wildman–Crippen MR) is 80.9 cm³/mol. The molecule has 1 aromatic rings. The summed E-state index contributed by atoms with van der Waals surface area (Å²) in [5.41, 5.74) is 1.09. The zero-order valence-electron chi connectivity index (χ0n) is 13.2. The second-order valence-corrected chi connectivity index (χ2v) is 5.31. The van der Waals surface area contributed by atoms with E-state index in [0.717, 1.165) is 12.1 Å². The fraction of sp³-hybridized carbons (Fsp3) is 0.600. The molecule has 1 heterocycles. The van der Waals surface area contributed by atoms with Crippen LogP contribution in [0.5, 0.6) is 0 Å². The zero-order valence-corrected chi connectivity index (χ0v) is 13.2. The van der Waals surface area contributed by atoms with E-state index < -0.39 is 0 Å². The molecular formula is C15H24N4O2. The van der Waals surface area contributed by atoms with Crippen molar-refractivity contribution in [3.05, 3.63) is 23.8 Å². The molecule has 0 saturated heterocycles. The molecule has 116 valence electrons. The van der Waals surface area contributed by atoms with Crippen LogP contribution in [0.25, 0.3) is 0 Å². The Balaban J connectivity index is 2.65. The third-order valence-corrected chi connectivity index (χ3v) is 2.84. The monoisotopic (exact) mass is 292 g/mol. The number of carbonyl (C=O) groups is 2. The van der Waals surface area contributed by atoms with Crippen LogP contribution < -0.4 is 5.32 Å². The van der Waals surface area contributed by atoms with Crippen molar-refractivity contribution in [1.29, 1.82) is 0 Å². The maximum atomic E-state index is 12.4. The standard InChI is InChI=1S/C15H24N4O2/c1-5-7-19(8-6-14(20)18-11(2)3)15(21)13-10-16-12(4)9-17-13/h9-11H,5-8H2,1-4H3,(H,18,20). The van der Waals surface area contributed by atoms with Gasteiger partial charge in [0.1, 0.15) is 5.69 Å². The highest BCUT2D eigenvalue weighted by Gasteiger charge is 2.17. The minimum absolute atomic E-state index is 0.0473. The third-order valence-electron chi connectivity index (χ3n) is 2.84. The van der Waals surface area contributed by atoms with Crippen molar-refractivity contribution in [2.45, 2.75) is 46.6 Å². The minimum atomic E-state index is -0.179. The summed E-state index contributed by atoms with van der Waals surface area (Å²) in [6, 6.07) is 0.107. The van der Waals surface area contributed by atoms with Gasteiger partial charge in [-0.05, 0) is 27.2 Å². The molecule has 0 aliphatic rings. The van der Waals surface area contributed by atoms with Crippen LogP contribution >= 0.6 is 0 Å². The Labute approximate surface area is 126 Å². The lowest BCUT2D eigenvalue weighted by atomic mass is 10.2. The Kier molecular flexibility index (Phi) is 6.78. The van der Waals surface area contributed by atoms with Gasteiger partial charge in [-0.15, -0.1) is 0 Å². The molecule has 0 aliphatic heterocycles. The van der Waals surface area contributed by atoms with Gasteiger partial charge in [0.25, 0.3) is 5.91 Å². The SMILES string of the molecule is CCCN(CCC(=O)NC(C)C)C(=O)c1cnc(C)cn1. The number of hydrogen-bond donors (Lipinski definition) is 1. The number of nitrogens with one attached hydrogen (secondary N) is 1. The average Bonchev–Trinajstić information content (AvgIpc) is 2.42. The lowest BCUT2D eigenvalue weighted by Gasteiger charge is -2.21. The summed E-state index contributed by atoms with van der Waals surface area (Å²) in [5, 5.41) is 2.82. The molecule has 0 bridgehead atoms. The number of aromatic nitrogens is 2. The maximum absolute atomic E-state index is 12.4. The summed E-state index contributed by atoms with van der Waals surface area (Å²) in [6.07, 6.45) is 4.18. The third kappa shape index (κ3) is 5.89. The fourth-order valence-corrected chi connectivity index (χ4v) is 1.88. The number of nitrogens with zero attached hydrogens (tertiary/aromatic N) is 3. The van der Waals surface area contributed by atoms with Crippen LogP contribution in [0.1, 0.15) is 49.8 Å². The van der Waals surface area contributed by atoms with E-state index in [9.17, 15) is 9.59 Å². The van der Waals surface area contributed by atoms with E-state index in [4.69, 9.17) is 0 Å². The molecule has 0 aromatic carbocycles. The molecule has 6 nitrogen and oxygen atoms in total. The van der Waals surface area contributed by atoms with E-state index in [-0.39, 0.29) is 17.9 Å². The van der Waals surface area contributed by atoms with Crippen LogP contribution in [0.15, 0.2) is 12.4 Å².